The maximum absolute atomic E-state index is 12.9. The summed E-state index contributed by atoms with van der Waals surface area (Å²) in [7, 11) is 0. The summed E-state index contributed by atoms with van der Waals surface area (Å²) in [6.45, 7) is 8.56. The van der Waals surface area contributed by atoms with E-state index in [9.17, 15) is 4.79 Å². The third-order valence-electron chi connectivity index (χ3n) is 4.51. The average molecular weight is 354 g/mol. The Morgan fingerprint density at radius 2 is 1.90 bits per heavy atom. The molecular formula is C18H28BrNO. The Labute approximate surface area is 137 Å². The monoisotopic (exact) mass is 353 g/mol. The second-order valence-corrected chi connectivity index (χ2v) is 6.91. The number of hydrogen-bond donors (Lipinski definition) is 1. The summed E-state index contributed by atoms with van der Waals surface area (Å²) in [6, 6.07) is 10.1. The number of alkyl halides is 1. The Kier molecular flexibility index (Phi) is 7.44. The predicted molar refractivity (Wildman–Crippen MR) is 93.9 cm³/mol. The van der Waals surface area contributed by atoms with Crippen LogP contribution in [0.15, 0.2) is 30.3 Å². The number of halogens is 1. The molecule has 0 saturated carbocycles. The van der Waals surface area contributed by atoms with Gasteiger partial charge in [-0.15, -0.1) is 0 Å². The first-order chi connectivity index (χ1) is 9.97. The quantitative estimate of drug-likeness (QED) is 0.662. The van der Waals surface area contributed by atoms with Crippen molar-refractivity contribution >= 4 is 21.8 Å². The molecule has 0 fully saturated rings. The van der Waals surface area contributed by atoms with Gasteiger partial charge in [-0.1, -0.05) is 73.5 Å². The molecule has 0 heterocycles. The summed E-state index contributed by atoms with van der Waals surface area (Å²) in [5.41, 5.74) is 0.975. The van der Waals surface area contributed by atoms with Crippen molar-refractivity contribution in [2.75, 3.05) is 5.33 Å². The lowest BCUT2D eigenvalue weighted by atomic mass is 9.83. The molecule has 118 valence electrons. The molecule has 1 amide bonds. The van der Waals surface area contributed by atoms with Gasteiger partial charge in [-0.05, 0) is 31.2 Å². The van der Waals surface area contributed by atoms with E-state index >= 15 is 0 Å². The number of amides is 1. The molecule has 3 unspecified atom stereocenters. The fourth-order valence-corrected chi connectivity index (χ4v) is 3.42. The highest BCUT2D eigenvalue weighted by Crippen LogP contribution is 2.28. The number of nitrogens with one attached hydrogen (secondary N) is 1. The molecular weight excluding hydrogens is 326 g/mol. The van der Waals surface area contributed by atoms with E-state index in [1.165, 1.54) is 0 Å². The highest BCUT2D eigenvalue weighted by atomic mass is 79.9. The predicted octanol–water partition coefficient (Wildman–Crippen LogP) is 4.89. The van der Waals surface area contributed by atoms with E-state index in [4.69, 9.17) is 0 Å². The Balaban J connectivity index is 2.96. The van der Waals surface area contributed by atoms with Crippen molar-refractivity contribution in [3.8, 4) is 0 Å². The molecule has 1 N–H and O–H groups in total. The molecule has 0 radical (unpaired) electrons. The zero-order valence-electron chi connectivity index (χ0n) is 13.7. The molecule has 3 heteroatoms. The second kappa shape index (κ2) is 8.57. The molecule has 0 bridgehead atoms. The molecule has 0 aliphatic rings. The van der Waals surface area contributed by atoms with Gasteiger partial charge in [-0.3, -0.25) is 4.79 Å². The minimum atomic E-state index is -0.138. The maximum Gasteiger partial charge on any atom is 0.228 e. The summed E-state index contributed by atoms with van der Waals surface area (Å²) in [4.78, 5) is 12.9. The van der Waals surface area contributed by atoms with Gasteiger partial charge in [0.2, 0.25) is 5.91 Å². The second-order valence-electron chi connectivity index (χ2n) is 6.12. The minimum Gasteiger partial charge on any atom is -0.350 e. The topological polar surface area (TPSA) is 29.1 Å². The maximum atomic E-state index is 12.9. The van der Waals surface area contributed by atoms with Crippen molar-refractivity contribution < 1.29 is 4.79 Å². The SMILES string of the molecule is CCC(C)C(C(=O)NC(C)(CC)CCBr)c1ccccc1. The van der Waals surface area contributed by atoms with E-state index < -0.39 is 0 Å². The smallest absolute Gasteiger partial charge is 0.228 e. The first kappa shape index (κ1) is 18.2. The molecule has 3 atom stereocenters. The highest BCUT2D eigenvalue weighted by molar-refractivity contribution is 9.09. The van der Waals surface area contributed by atoms with Gasteiger partial charge in [0.05, 0.1) is 5.92 Å². The van der Waals surface area contributed by atoms with Gasteiger partial charge in [0.1, 0.15) is 0 Å². The zero-order chi connectivity index (χ0) is 15.9. The van der Waals surface area contributed by atoms with Gasteiger partial charge in [0.15, 0.2) is 0 Å². The first-order valence-corrected chi connectivity index (χ1v) is 9.02. The number of hydrogen-bond acceptors (Lipinski definition) is 1. The van der Waals surface area contributed by atoms with Crippen LogP contribution in [-0.2, 0) is 4.79 Å². The lowest BCUT2D eigenvalue weighted by Crippen LogP contribution is -2.48. The third-order valence-corrected chi connectivity index (χ3v) is 4.90. The van der Waals surface area contributed by atoms with Crippen molar-refractivity contribution in [3.05, 3.63) is 35.9 Å². The highest BCUT2D eigenvalue weighted by Gasteiger charge is 2.31. The summed E-state index contributed by atoms with van der Waals surface area (Å²) in [6.07, 6.45) is 2.87. The fourth-order valence-electron chi connectivity index (χ4n) is 2.55. The molecule has 0 spiro atoms. The van der Waals surface area contributed by atoms with Crippen LogP contribution in [0.3, 0.4) is 0 Å². The Morgan fingerprint density at radius 1 is 1.29 bits per heavy atom. The van der Waals surface area contributed by atoms with Crippen molar-refractivity contribution in [1.82, 2.24) is 5.32 Å². The van der Waals surface area contributed by atoms with Crippen LogP contribution < -0.4 is 5.32 Å². The molecule has 0 aliphatic carbocycles. The molecule has 0 aromatic heterocycles. The number of rotatable bonds is 8. The van der Waals surface area contributed by atoms with Crippen LogP contribution in [0.2, 0.25) is 0 Å². The zero-order valence-corrected chi connectivity index (χ0v) is 15.2. The van der Waals surface area contributed by atoms with E-state index in [-0.39, 0.29) is 17.4 Å². The van der Waals surface area contributed by atoms with Crippen LogP contribution in [0.1, 0.15) is 58.4 Å². The van der Waals surface area contributed by atoms with Crippen molar-refractivity contribution in [1.29, 1.82) is 0 Å². The number of carbonyl (C=O) groups is 1. The van der Waals surface area contributed by atoms with Gasteiger partial charge in [-0.2, -0.15) is 0 Å². The number of carbonyl (C=O) groups excluding carboxylic acids is 1. The number of benzene rings is 1. The molecule has 21 heavy (non-hydrogen) atoms. The van der Waals surface area contributed by atoms with Crippen LogP contribution >= 0.6 is 15.9 Å². The van der Waals surface area contributed by atoms with Crippen molar-refractivity contribution in [3.63, 3.8) is 0 Å². The van der Waals surface area contributed by atoms with Crippen LogP contribution in [-0.4, -0.2) is 16.8 Å². The van der Waals surface area contributed by atoms with E-state index in [0.29, 0.717) is 5.92 Å². The summed E-state index contributed by atoms with van der Waals surface area (Å²) >= 11 is 3.49. The van der Waals surface area contributed by atoms with Gasteiger partial charge < -0.3 is 5.32 Å². The average Bonchev–Trinajstić information content (AvgIpc) is 2.48. The van der Waals surface area contributed by atoms with Crippen molar-refractivity contribution in [2.24, 2.45) is 5.92 Å². The molecule has 0 aliphatic heterocycles. The summed E-state index contributed by atoms with van der Waals surface area (Å²) < 4.78 is 0. The van der Waals surface area contributed by atoms with Gasteiger partial charge >= 0.3 is 0 Å². The molecule has 2 nitrogen and oxygen atoms in total. The largest absolute Gasteiger partial charge is 0.350 e. The Morgan fingerprint density at radius 3 is 2.38 bits per heavy atom. The Hall–Kier alpha value is -0.830. The molecule has 1 aromatic carbocycles. The van der Waals surface area contributed by atoms with Crippen LogP contribution in [0.4, 0.5) is 0 Å². The Bertz CT molecular complexity index is 434. The van der Waals surface area contributed by atoms with E-state index in [1.54, 1.807) is 0 Å². The lowest BCUT2D eigenvalue weighted by Gasteiger charge is -2.33. The normalized spacial score (nSPS) is 16.8. The molecule has 1 aromatic rings. The van der Waals surface area contributed by atoms with Gasteiger partial charge in [0.25, 0.3) is 0 Å². The first-order valence-electron chi connectivity index (χ1n) is 7.90. The van der Waals surface area contributed by atoms with E-state index in [1.807, 2.05) is 18.2 Å². The summed E-state index contributed by atoms with van der Waals surface area (Å²) in [5, 5.41) is 4.19. The third kappa shape index (κ3) is 5.14. The minimum absolute atomic E-state index is 0.0719. The van der Waals surface area contributed by atoms with Crippen LogP contribution in [0.5, 0.6) is 0 Å². The van der Waals surface area contributed by atoms with Crippen LogP contribution in [0.25, 0.3) is 0 Å². The lowest BCUT2D eigenvalue weighted by molar-refractivity contribution is -0.125. The standard InChI is InChI=1S/C18H28BrNO/c1-5-14(3)16(15-10-8-7-9-11-15)17(21)20-18(4,6-2)12-13-19/h7-11,14,16H,5-6,12-13H2,1-4H3,(H,20,21). The molecule has 1 rings (SSSR count). The fraction of sp³-hybridized carbons (Fsp3) is 0.611. The van der Waals surface area contributed by atoms with Gasteiger partial charge in [0, 0.05) is 10.9 Å². The van der Waals surface area contributed by atoms with E-state index in [0.717, 1.165) is 30.2 Å². The summed E-state index contributed by atoms with van der Waals surface area (Å²) in [5.74, 6) is 0.413. The van der Waals surface area contributed by atoms with Gasteiger partial charge in [-0.25, -0.2) is 0 Å². The molecule has 0 saturated heterocycles. The van der Waals surface area contributed by atoms with Crippen LogP contribution in [0, 0.1) is 5.92 Å². The van der Waals surface area contributed by atoms with E-state index in [2.05, 4.69) is 61.1 Å². The van der Waals surface area contributed by atoms with Crippen molar-refractivity contribution in [2.45, 2.75) is 58.4 Å².